The first-order valence-electron chi connectivity index (χ1n) is 8.63. The Morgan fingerprint density at radius 2 is 2.15 bits per heavy atom. The van der Waals surface area contributed by atoms with Gasteiger partial charge in [-0.15, -0.1) is 0 Å². The van der Waals surface area contributed by atoms with Gasteiger partial charge < -0.3 is 10.2 Å². The Balaban J connectivity index is 1.65. The average molecular weight is 374 g/mol. The van der Waals surface area contributed by atoms with Gasteiger partial charge in [0.1, 0.15) is 23.5 Å². The lowest BCUT2D eigenvalue weighted by Gasteiger charge is -2.33. The molecule has 1 aromatic heterocycles. The van der Waals surface area contributed by atoms with Crippen LogP contribution in [0, 0.1) is 11.6 Å². The van der Waals surface area contributed by atoms with Crippen molar-refractivity contribution in [3.05, 3.63) is 59.8 Å². The topological polar surface area (TPSA) is 65.5 Å². The number of carbonyl (C=O) groups excluding carboxylic acids is 2. The third kappa shape index (κ3) is 4.39. The molecule has 2 aromatic rings. The first-order chi connectivity index (χ1) is 13.0. The summed E-state index contributed by atoms with van der Waals surface area (Å²) in [6.07, 6.45) is 2.75. The van der Waals surface area contributed by atoms with Crippen LogP contribution in [0.5, 0.6) is 0 Å². The van der Waals surface area contributed by atoms with E-state index in [0.717, 1.165) is 12.1 Å². The van der Waals surface area contributed by atoms with Crippen LogP contribution >= 0.6 is 0 Å². The normalized spacial score (nSPS) is 16.9. The molecule has 8 heteroatoms. The van der Waals surface area contributed by atoms with E-state index in [0.29, 0.717) is 25.2 Å². The van der Waals surface area contributed by atoms with Gasteiger partial charge in [0.05, 0.1) is 0 Å². The van der Waals surface area contributed by atoms with Gasteiger partial charge in [0, 0.05) is 38.0 Å². The number of pyridine rings is 1. The van der Waals surface area contributed by atoms with Crippen LogP contribution in [0.2, 0.25) is 0 Å². The second-order valence-electron chi connectivity index (χ2n) is 6.39. The molecule has 2 heterocycles. The fourth-order valence-electron chi connectivity index (χ4n) is 2.99. The second kappa shape index (κ2) is 8.11. The fourth-order valence-corrected chi connectivity index (χ4v) is 2.99. The maximum atomic E-state index is 13.9. The molecule has 1 fully saturated rings. The van der Waals surface area contributed by atoms with Gasteiger partial charge in [0.15, 0.2) is 0 Å². The molecule has 1 aromatic carbocycles. The lowest BCUT2D eigenvalue weighted by molar-refractivity contribution is -0.136. The number of nitrogens with one attached hydrogen (secondary N) is 1. The van der Waals surface area contributed by atoms with Crippen molar-refractivity contribution in [2.75, 3.05) is 18.5 Å². The van der Waals surface area contributed by atoms with Crippen LogP contribution in [0.25, 0.3) is 0 Å². The summed E-state index contributed by atoms with van der Waals surface area (Å²) in [6, 6.07) is 7.34. The molecule has 0 aliphatic carbocycles. The van der Waals surface area contributed by atoms with Crippen LogP contribution in [-0.4, -0.2) is 41.5 Å². The van der Waals surface area contributed by atoms with Gasteiger partial charge in [-0.3, -0.25) is 9.69 Å². The summed E-state index contributed by atoms with van der Waals surface area (Å²) >= 11 is 0. The molecule has 0 unspecified atom stereocenters. The van der Waals surface area contributed by atoms with E-state index < -0.39 is 23.7 Å². The first kappa shape index (κ1) is 18.8. The quantitative estimate of drug-likeness (QED) is 0.895. The van der Waals surface area contributed by atoms with Gasteiger partial charge >= 0.3 is 6.03 Å². The van der Waals surface area contributed by atoms with Gasteiger partial charge in [-0.25, -0.2) is 18.6 Å². The van der Waals surface area contributed by atoms with Gasteiger partial charge in [0.25, 0.3) is 0 Å². The molecule has 0 radical (unpaired) electrons. The molecule has 142 valence electrons. The summed E-state index contributed by atoms with van der Waals surface area (Å²) in [5.41, 5.74) is 0.238. The number of aromatic nitrogens is 1. The number of hydrogen-bond acceptors (Lipinski definition) is 3. The van der Waals surface area contributed by atoms with E-state index >= 15 is 0 Å². The zero-order chi connectivity index (χ0) is 19.4. The van der Waals surface area contributed by atoms with Gasteiger partial charge in [-0.05, 0) is 31.0 Å². The molecule has 0 bridgehead atoms. The summed E-state index contributed by atoms with van der Waals surface area (Å²) < 4.78 is 26.9. The fraction of sp³-hybridized carbons (Fsp3) is 0.316. The predicted octanol–water partition coefficient (Wildman–Crippen LogP) is 2.70. The van der Waals surface area contributed by atoms with E-state index in [1.165, 1.54) is 15.9 Å². The molecular weight excluding hydrogens is 354 g/mol. The van der Waals surface area contributed by atoms with Gasteiger partial charge in [-0.1, -0.05) is 12.1 Å². The van der Waals surface area contributed by atoms with E-state index in [1.807, 2.05) is 0 Å². The number of urea groups is 1. The van der Waals surface area contributed by atoms with Crippen molar-refractivity contribution in [3.63, 3.8) is 0 Å². The van der Waals surface area contributed by atoms with Gasteiger partial charge in [0.2, 0.25) is 5.91 Å². The van der Waals surface area contributed by atoms with Crippen molar-refractivity contribution in [3.8, 4) is 0 Å². The standard InChI is InChI=1S/C19H20F2N4O2/c1-24(17-6-2-3-9-22-17)19(27)23-16-5-4-10-25(18(16)26)12-13-7-8-14(20)11-15(13)21/h2-3,6-9,11,16H,4-5,10,12H2,1H3,(H,23,27)/t16-/m1/s1. The summed E-state index contributed by atoms with van der Waals surface area (Å²) in [7, 11) is 1.57. The molecule has 0 saturated carbocycles. The third-order valence-electron chi connectivity index (χ3n) is 4.50. The van der Waals surface area contributed by atoms with Crippen LogP contribution in [0.3, 0.4) is 0 Å². The highest BCUT2D eigenvalue weighted by Gasteiger charge is 2.31. The highest BCUT2D eigenvalue weighted by Crippen LogP contribution is 2.18. The van der Waals surface area contributed by atoms with Crippen molar-refractivity contribution >= 4 is 17.8 Å². The van der Waals surface area contributed by atoms with Crippen molar-refractivity contribution < 1.29 is 18.4 Å². The van der Waals surface area contributed by atoms with Crippen LogP contribution in [0.1, 0.15) is 18.4 Å². The van der Waals surface area contributed by atoms with Crippen molar-refractivity contribution in [2.24, 2.45) is 0 Å². The Hall–Kier alpha value is -3.03. The Bertz CT molecular complexity index is 832. The SMILES string of the molecule is CN(C(=O)N[C@@H]1CCCN(Cc2ccc(F)cc2F)C1=O)c1ccccn1. The summed E-state index contributed by atoms with van der Waals surface area (Å²) in [5, 5.41) is 2.71. The number of anilines is 1. The lowest BCUT2D eigenvalue weighted by atomic mass is 10.0. The molecule has 3 amide bonds. The van der Waals surface area contributed by atoms with E-state index in [1.54, 1.807) is 31.4 Å². The Kier molecular flexibility index (Phi) is 5.63. The van der Waals surface area contributed by atoms with E-state index in [4.69, 9.17) is 0 Å². The molecule has 27 heavy (non-hydrogen) atoms. The number of halogens is 2. The van der Waals surface area contributed by atoms with Crippen LogP contribution in [0.4, 0.5) is 19.4 Å². The molecular formula is C19H20F2N4O2. The van der Waals surface area contributed by atoms with Crippen LogP contribution < -0.4 is 10.2 Å². The Morgan fingerprint density at radius 1 is 1.33 bits per heavy atom. The molecule has 1 aliphatic rings. The third-order valence-corrected chi connectivity index (χ3v) is 4.50. The van der Waals surface area contributed by atoms with E-state index in [9.17, 15) is 18.4 Å². The molecule has 1 aliphatic heterocycles. The monoisotopic (exact) mass is 374 g/mol. The zero-order valence-electron chi connectivity index (χ0n) is 14.9. The summed E-state index contributed by atoms with van der Waals surface area (Å²) in [6.45, 7) is 0.492. The number of hydrogen-bond donors (Lipinski definition) is 1. The number of amides is 3. The zero-order valence-corrected chi connectivity index (χ0v) is 14.9. The van der Waals surface area contributed by atoms with Crippen molar-refractivity contribution in [1.29, 1.82) is 0 Å². The molecule has 1 N–H and O–H groups in total. The lowest BCUT2D eigenvalue weighted by Crippen LogP contribution is -2.54. The Labute approximate surface area is 155 Å². The highest BCUT2D eigenvalue weighted by molar-refractivity contribution is 5.94. The van der Waals surface area contributed by atoms with Crippen LogP contribution in [-0.2, 0) is 11.3 Å². The summed E-state index contributed by atoms with van der Waals surface area (Å²) in [5.74, 6) is -1.18. The minimum absolute atomic E-state index is 0.0351. The number of piperidine rings is 1. The van der Waals surface area contributed by atoms with Gasteiger partial charge in [-0.2, -0.15) is 0 Å². The molecule has 3 rings (SSSR count). The molecule has 6 nitrogen and oxygen atoms in total. The minimum Gasteiger partial charge on any atom is -0.336 e. The summed E-state index contributed by atoms with van der Waals surface area (Å²) in [4.78, 5) is 32.0. The van der Waals surface area contributed by atoms with E-state index in [-0.39, 0.29) is 18.0 Å². The first-order valence-corrected chi connectivity index (χ1v) is 8.63. The number of rotatable bonds is 4. The Morgan fingerprint density at radius 3 is 2.85 bits per heavy atom. The maximum Gasteiger partial charge on any atom is 0.323 e. The largest absolute Gasteiger partial charge is 0.336 e. The molecule has 0 spiro atoms. The minimum atomic E-state index is -0.694. The predicted molar refractivity (Wildman–Crippen MR) is 96.0 cm³/mol. The smallest absolute Gasteiger partial charge is 0.323 e. The number of nitrogens with zero attached hydrogens (tertiary/aromatic N) is 3. The number of likely N-dealkylation sites (tertiary alicyclic amines) is 1. The second-order valence-corrected chi connectivity index (χ2v) is 6.39. The van der Waals surface area contributed by atoms with E-state index in [2.05, 4.69) is 10.3 Å². The molecule has 1 saturated heterocycles. The highest BCUT2D eigenvalue weighted by atomic mass is 19.1. The number of benzene rings is 1. The maximum absolute atomic E-state index is 13.9. The van der Waals surface area contributed by atoms with Crippen LogP contribution in [0.15, 0.2) is 42.6 Å². The number of carbonyl (C=O) groups is 2. The van der Waals surface area contributed by atoms with Crippen molar-refractivity contribution in [1.82, 2.24) is 15.2 Å². The molecule has 1 atom stereocenters. The van der Waals surface area contributed by atoms with Crippen molar-refractivity contribution in [2.45, 2.75) is 25.4 Å². The average Bonchev–Trinajstić information content (AvgIpc) is 2.67.